The van der Waals surface area contributed by atoms with Crippen molar-refractivity contribution in [2.75, 3.05) is 13.1 Å². The van der Waals surface area contributed by atoms with E-state index in [9.17, 15) is 18.8 Å². The summed E-state index contributed by atoms with van der Waals surface area (Å²) in [4.78, 5) is 33.9. The molecule has 0 aliphatic heterocycles. The zero-order chi connectivity index (χ0) is 19.1. The van der Waals surface area contributed by atoms with Crippen LogP contribution in [-0.2, 0) is 14.4 Å². The number of amides is 2. The predicted octanol–water partition coefficient (Wildman–Crippen LogP) is 1.91. The molecule has 2 rings (SSSR count). The Labute approximate surface area is 150 Å². The number of carbonyl (C=O) groups is 3. The minimum Gasteiger partial charge on any atom is -0.480 e. The van der Waals surface area contributed by atoms with Crippen molar-refractivity contribution in [3.8, 4) is 11.1 Å². The average Bonchev–Trinajstić information content (AvgIpc) is 2.64. The molecule has 3 N–H and O–H groups in total. The maximum absolute atomic E-state index is 14.4. The molecule has 0 aliphatic rings. The zero-order valence-corrected chi connectivity index (χ0v) is 14.2. The van der Waals surface area contributed by atoms with Crippen LogP contribution in [0.15, 0.2) is 48.5 Å². The molecule has 136 valence electrons. The highest BCUT2D eigenvalue weighted by Gasteiger charge is 2.18. The highest BCUT2D eigenvalue weighted by atomic mass is 19.1. The minimum absolute atomic E-state index is 0.346. The largest absolute Gasteiger partial charge is 0.480 e. The lowest BCUT2D eigenvalue weighted by Gasteiger charge is -2.14. The first kappa shape index (κ1) is 19.1. The molecule has 0 bridgehead atoms. The summed E-state index contributed by atoms with van der Waals surface area (Å²) in [5, 5.41) is 13.0. The van der Waals surface area contributed by atoms with E-state index in [1.807, 2.05) is 18.2 Å². The fourth-order valence-electron chi connectivity index (χ4n) is 2.36. The van der Waals surface area contributed by atoms with Crippen molar-refractivity contribution in [1.82, 2.24) is 10.6 Å². The third kappa shape index (κ3) is 5.14. The highest BCUT2D eigenvalue weighted by molar-refractivity contribution is 5.89. The van der Waals surface area contributed by atoms with Gasteiger partial charge in [-0.2, -0.15) is 0 Å². The number of aliphatic carboxylic acids is 1. The van der Waals surface area contributed by atoms with Gasteiger partial charge < -0.3 is 15.7 Å². The van der Waals surface area contributed by atoms with Crippen LogP contribution in [0.2, 0.25) is 0 Å². The van der Waals surface area contributed by atoms with Gasteiger partial charge in [0.05, 0.1) is 12.5 Å². The minimum atomic E-state index is -1.17. The molecule has 0 radical (unpaired) electrons. The number of benzene rings is 2. The van der Waals surface area contributed by atoms with Gasteiger partial charge in [-0.15, -0.1) is 0 Å². The molecule has 2 amide bonds. The summed E-state index contributed by atoms with van der Waals surface area (Å²) in [7, 11) is 0. The van der Waals surface area contributed by atoms with Crippen LogP contribution in [-0.4, -0.2) is 36.0 Å². The highest BCUT2D eigenvalue weighted by Crippen LogP contribution is 2.26. The average molecular weight is 358 g/mol. The van der Waals surface area contributed by atoms with Crippen LogP contribution in [0, 0.1) is 5.82 Å². The molecule has 0 aromatic heterocycles. The van der Waals surface area contributed by atoms with Crippen LogP contribution in [0.3, 0.4) is 0 Å². The number of nitrogens with one attached hydrogen (secondary N) is 2. The lowest BCUT2D eigenvalue weighted by Crippen LogP contribution is -2.40. The first-order chi connectivity index (χ1) is 12.4. The summed E-state index contributed by atoms with van der Waals surface area (Å²) in [5.74, 6) is -3.35. The third-order valence-electron chi connectivity index (χ3n) is 3.83. The monoisotopic (exact) mass is 358 g/mol. The van der Waals surface area contributed by atoms with Crippen LogP contribution in [0.25, 0.3) is 11.1 Å². The second kappa shape index (κ2) is 8.75. The Balaban J connectivity index is 1.99. The fourth-order valence-corrected chi connectivity index (χ4v) is 2.36. The van der Waals surface area contributed by atoms with E-state index in [1.165, 1.54) is 6.07 Å². The molecule has 26 heavy (non-hydrogen) atoms. The van der Waals surface area contributed by atoms with Crippen molar-refractivity contribution in [2.45, 2.75) is 12.8 Å². The maximum Gasteiger partial charge on any atom is 0.322 e. The van der Waals surface area contributed by atoms with Crippen molar-refractivity contribution in [2.24, 2.45) is 0 Å². The zero-order valence-electron chi connectivity index (χ0n) is 14.2. The number of halogens is 1. The Morgan fingerprint density at radius 1 is 1.04 bits per heavy atom. The number of hydrogen-bond donors (Lipinski definition) is 3. The molecule has 2 aromatic carbocycles. The third-order valence-corrected chi connectivity index (χ3v) is 3.83. The van der Waals surface area contributed by atoms with E-state index in [-0.39, 0.29) is 6.54 Å². The van der Waals surface area contributed by atoms with E-state index >= 15 is 0 Å². The molecule has 0 aliphatic carbocycles. The molecule has 7 heteroatoms. The summed E-state index contributed by atoms with van der Waals surface area (Å²) < 4.78 is 14.4. The molecule has 0 saturated heterocycles. The summed E-state index contributed by atoms with van der Waals surface area (Å²) >= 11 is 0. The van der Waals surface area contributed by atoms with Crippen LogP contribution in [0.5, 0.6) is 0 Å². The van der Waals surface area contributed by atoms with Crippen molar-refractivity contribution < 1.29 is 23.9 Å². The van der Waals surface area contributed by atoms with Crippen LogP contribution in [0.4, 0.5) is 4.39 Å². The number of carboxylic acids is 1. The van der Waals surface area contributed by atoms with E-state index in [0.29, 0.717) is 11.1 Å². The Bertz CT molecular complexity index is 808. The fraction of sp³-hybridized carbons (Fsp3) is 0.211. The normalized spacial score (nSPS) is 11.5. The van der Waals surface area contributed by atoms with Crippen LogP contribution >= 0.6 is 0 Å². The van der Waals surface area contributed by atoms with Crippen molar-refractivity contribution in [3.05, 3.63) is 59.9 Å². The Hall–Kier alpha value is -3.22. The van der Waals surface area contributed by atoms with Gasteiger partial charge >= 0.3 is 5.97 Å². The van der Waals surface area contributed by atoms with Crippen LogP contribution < -0.4 is 10.6 Å². The molecule has 1 unspecified atom stereocenters. The van der Waals surface area contributed by atoms with Crippen LogP contribution in [0.1, 0.15) is 18.4 Å². The summed E-state index contributed by atoms with van der Waals surface area (Å²) in [6.45, 7) is 0.735. The van der Waals surface area contributed by atoms with Gasteiger partial charge in [-0.25, -0.2) is 4.39 Å². The van der Waals surface area contributed by atoms with Gasteiger partial charge in [0.25, 0.3) is 0 Å². The van der Waals surface area contributed by atoms with Crippen molar-refractivity contribution in [1.29, 1.82) is 0 Å². The molecule has 2 aromatic rings. The summed E-state index contributed by atoms with van der Waals surface area (Å²) in [5.41, 5.74) is 1.66. The first-order valence-electron chi connectivity index (χ1n) is 7.99. The second-order valence-corrected chi connectivity index (χ2v) is 5.72. The van der Waals surface area contributed by atoms with E-state index in [0.717, 1.165) is 5.56 Å². The van der Waals surface area contributed by atoms with Crippen molar-refractivity contribution in [3.63, 3.8) is 0 Å². The SMILES string of the molecule is CC(C(=O)NCC(=O)NCC(=O)O)c1ccc(-c2ccccc2)c(F)c1. The molecule has 6 nitrogen and oxygen atoms in total. The first-order valence-corrected chi connectivity index (χ1v) is 7.99. The number of rotatable bonds is 7. The number of carboxylic acid groups (broad SMARTS) is 1. The molecule has 0 spiro atoms. The van der Waals surface area contributed by atoms with Gasteiger partial charge in [0.1, 0.15) is 12.4 Å². The summed E-state index contributed by atoms with van der Waals surface area (Å²) in [6, 6.07) is 13.6. The summed E-state index contributed by atoms with van der Waals surface area (Å²) in [6.07, 6.45) is 0. The van der Waals surface area contributed by atoms with Gasteiger partial charge in [-0.05, 0) is 24.1 Å². The lowest BCUT2D eigenvalue weighted by atomic mass is 9.96. The second-order valence-electron chi connectivity index (χ2n) is 5.72. The molecule has 0 fully saturated rings. The number of carbonyl (C=O) groups excluding carboxylic acids is 2. The molecule has 0 heterocycles. The van der Waals surface area contributed by atoms with Gasteiger partial charge in [0.15, 0.2) is 0 Å². The number of hydrogen-bond acceptors (Lipinski definition) is 3. The molecule has 1 atom stereocenters. The lowest BCUT2D eigenvalue weighted by molar-refractivity contribution is -0.137. The molecule has 0 saturated carbocycles. The predicted molar refractivity (Wildman–Crippen MR) is 93.9 cm³/mol. The Morgan fingerprint density at radius 3 is 2.35 bits per heavy atom. The topological polar surface area (TPSA) is 95.5 Å². The van der Waals surface area contributed by atoms with Gasteiger partial charge in [0.2, 0.25) is 11.8 Å². The molecular weight excluding hydrogens is 339 g/mol. The maximum atomic E-state index is 14.4. The van der Waals surface area contributed by atoms with Crippen molar-refractivity contribution >= 4 is 17.8 Å². The van der Waals surface area contributed by atoms with E-state index in [1.54, 1.807) is 31.2 Å². The Morgan fingerprint density at radius 2 is 1.73 bits per heavy atom. The van der Waals surface area contributed by atoms with Gasteiger partial charge in [0, 0.05) is 5.56 Å². The van der Waals surface area contributed by atoms with Gasteiger partial charge in [-0.3, -0.25) is 14.4 Å². The smallest absolute Gasteiger partial charge is 0.322 e. The van der Waals surface area contributed by atoms with Gasteiger partial charge in [-0.1, -0.05) is 42.5 Å². The van der Waals surface area contributed by atoms with E-state index < -0.39 is 36.1 Å². The quantitative estimate of drug-likeness (QED) is 0.705. The Kier molecular flexibility index (Phi) is 6.43. The molecular formula is C19H19FN2O4. The standard InChI is InChI=1S/C19H19FN2O4/c1-12(19(26)22-10-17(23)21-11-18(24)25)14-7-8-15(16(20)9-14)13-5-3-2-4-6-13/h2-9,12H,10-11H2,1H3,(H,21,23)(H,22,26)(H,24,25). The van der Waals surface area contributed by atoms with E-state index in [4.69, 9.17) is 5.11 Å². The van der Waals surface area contributed by atoms with E-state index in [2.05, 4.69) is 10.6 Å².